The maximum Gasteiger partial charge on any atom is 0.245 e. The number of ether oxygens (including phenoxy) is 1. The summed E-state index contributed by atoms with van der Waals surface area (Å²) < 4.78 is 33.9. The van der Waals surface area contributed by atoms with Gasteiger partial charge < -0.3 is 9.64 Å². The third-order valence-corrected chi connectivity index (χ3v) is 3.78. The minimum Gasteiger partial charge on any atom is -0.481 e. The van der Waals surface area contributed by atoms with Gasteiger partial charge in [-0.3, -0.25) is 4.79 Å². The Hall–Kier alpha value is -2.06. The van der Waals surface area contributed by atoms with Gasteiger partial charge in [-0.15, -0.1) is 17.5 Å². The van der Waals surface area contributed by atoms with Crippen molar-refractivity contribution in [3.05, 3.63) is 35.4 Å². The molecule has 1 aromatic carbocycles. The largest absolute Gasteiger partial charge is 0.481 e. The third kappa shape index (κ3) is 3.65. The Morgan fingerprint density at radius 2 is 2.04 bits per heavy atom. The summed E-state index contributed by atoms with van der Waals surface area (Å²) in [6.07, 6.45) is 1.81. The molecule has 0 saturated heterocycles. The molecular formula is C17H16ClF2NO2. The van der Waals surface area contributed by atoms with E-state index in [2.05, 4.69) is 11.8 Å². The van der Waals surface area contributed by atoms with Crippen LogP contribution in [-0.4, -0.2) is 29.3 Å². The highest BCUT2D eigenvalue weighted by molar-refractivity contribution is 6.31. The second kappa shape index (κ2) is 7.47. The molecule has 0 bridgehead atoms. The van der Waals surface area contributed by atoms with E-state index in [1.54, 1.807) is 19.9 Å². The average Bonchev–Trinajstić information content (AvgIpc) is 2.50. The van der Waals surface area contributed by atoms with Gasteiger partial charge in [0, 0.05) is 18.7 Å². The highest BCUT2D eigenvalue weighted by Gasteiger charge is 2.31. The Balaban J connectivity index is 2.39. The first-order valence-corrected chi connectivity index (χ1v) is 7.60. The van der Waals surface area contributed by atoms with E-state index >= 15 is 0 Å². The number of allylic oxidation sites excluding steroid dienone is 1. The van der Waals surface area contributed by atoms with E-state index in [-0.39, 0.29) is 42.5 Å². The molecule has 0 fully saturated rings. The van der Waals surface area contributed by atoms with E-state index in [9.17, 15) is 13.6 Å². The van der Waals surface area contributed by atoms with Crippen LogP contribution in [0.4, 0.5) is 8.78 Å². The second-order valence-corrected chi connectivity index (χ2v) is 5.38. The fraction of sp³-hybridized carbons (Fsp3) is 0.353. The Labute approximate surface area is 138 Å². The van der Waals surface area contributed by atoms with Gasteiger partial charge in [-0.2, -0.15) is 0 Å². The summed E-state index contributed by atoms with van der Waals surface area (Å²) >= 11 is 5.91. The number of hydrogen-bond donors (Lipinski definition) is 0. The number of carbonyl (C=O) groups excluding carboxylic acids is 1. The van der Waals surface area contributed by atoms with Gasteiger partial charge in [-0.25, -0.2) is 8.78 Å². The van der Waals surface area contributed by atoms with Crippen molar-refractivity contribution in [1.82, 2.24) is 4.90 Å². The summed E-state index contributed by atoms with van der Waals surface area (Å²) in [4.78, 5) is 13.4. The molecule has 6 heteroatoms. The van der Waals surface area contributed by atoms with E-state index < -0.39 is 17.0 Å². The summed E-state index contributed by atoms with van der Waals surface area (Å²) in [5, 5.41) is -0.708. The fourth-order valence-corrected chi connectivity index (χ4v) is 2.55. The molecule has 1 amide bonds. The number of amides is 1. The summed E-state index contributed by atoms with van der Waals surface area (Å²) in [7, 11) is 0. The number of alkyl halides is 1. The average molecular weight is 340 g/mol. The maximum absolute atomic E-state index is 14.4. The lowest BCUT2D eigenvalue weighted by molar-refractivity contribution is -0.127. The van der Waals surface area contributed by atoms with Crippen molar-refractivity contribution in [3.63, 3.8) is 0 Å². The van der Waals surface area contributed by atoms with Crippen LogP contribution in [0.15, 0.2) is 18.2 Å². The van der Waals surface area contributed by atoms with E-state index in [1.165, 1.54) is 4.90 Å². The number of rotatable bonds is 4. The molecule has 0 N–H and O–H groups in total. The van der Waals surface area contributed by atoms with Gasteiger partial charge in [0.2, 0.25) is 5.91 Å². The lowest BCUT2D eigenvalue weighted by atomic mass is 10.0. The molecule has 1 heterocycles. The SMILES string of the molecule is CC#CCOc1cc(F)c(C2=CCC(Cl)C(=O)N2CC)c(F)c1. The minimum atomic E-state index is -0.796. The van der Waals surface area contributed by atoms with Crippen LogP contribution in [0.2, 0.25) is 0 Å². The zero-order chi connectivity index (χ0) is 17.0. The Morgan fingerprint density at radius 3 is 2.61 bits per heavy atom. The van der Waals surface area contributed by atoms with Crippen molar-refractivity contribution in [2.24, 2.45) is 0 Å². The molecule has 0 aromatic heterocycles. The first-order valence-electron chi connectivity index (χ1n) is 7.17. The maximum atomic E-state index is 14.4. The lowest BCUT2D eigenvalue weighted by Gasteiger charge is -2.30. The lowest BCUT2D eigenvalue weighted by Crippen LogP contribution is -2.38. The number of nitrogens with zero attached hydrogens (tertiary/aromatic N) is 1. The van der Waals surface area contributed by atoms with Crippen molar-refractivity contribution >= 4 is 23.2 Å². The summed E-state index contributed by atoms with van der Waals surface area (Å²) in [6.45, 7) is 3.68. The molecule has 1 unspecified atom stereocenters. The van der Waals surface area contributed by atoms with Crippen molar-refractivity contribution in [1.29, 1.82) is 0 Å². The highest BCUT2D eigenvalue weighted by atomic mass is 35.5. The quantitative estimate of drug-likeness (QED) is 0.620. The van der Waals surface area contributed by atoms with Gasteiger partial charge in [0.1, 0.15) is 29.4 Å². The summed E-state index contributed by atoms with van der Waals surface area (Å²) in [5.74, 6) is 3.37. The molecule has 2 rings (SSSR count). The smallest absolute Gasteiger partial charge is 0.245 e. The van der Waals surface area contributed by atoms with Crippen LogP contribution in [0, 0.1) is 23.5 Å². The molecule has 0 saturated carbocycles. The van der Waals surface area contributed by atoms with Crippen LogP contribution >= 0.6 is 11.6 Å². The van der Waals surface area contributed by atoms with Crippen molar-refractivity contribution in [2.75, 3.05) is 13.2 Å². The van der Waals surface area contributed by atoms with Crippen LogP contribution < -0.4 is 4.74 Å². The van der Waals surface area contributed by atoms with Crippen LogP contribution in [-0.2, 0) is 4.79 Å². The zero-order valence-electron chi connectivity index (χ0n) is 12.8. The Morgan fingerprint density at radius 1 is 1.39 bits per heavy atom. The van der Waals surface area contributed by atoms with Crippen molar-refractivity contribution < 1.29 is 18.3 Å². The number of hydrogen-bond acceptors (Lipinski definition) is 2. The molecule has 1 aromatic rings. The van der Waals surface area contributed by atoms with Crippen LogP contribution in [0.1, 0.15) is 25.8 Å². The third-order valence-electron chi connectivity index (χ3n) is 3.42. The predicted molar refractivity (Wildman–Crippen MR) is 84.9 cm³/mol. The zero-order valence-corrected chi connectivity index (χ0v) is 13.6. The number of carbonyl (C=O) groups is 1. The predicted octanol–water partition coefficient (Wildman–Crippen LogP) is 3.57. The number of benzene rings is 1. The van der Waals surface area contributed by atoms with Crippen molar-refractivity contribution in [2.45, 2.75) is 25.6 Å². The van der Waals surface area contributed by atoms with E-state index in [0.717, 1.165) is 12.1 Å². The highest BCUT2D eigenvalue weighted by Crippen LogP contribution is 2.33. The molecule has 0 radical (unpaired) electrons. The van der Waals surface area contributed by atoms with Gasteiger partial charge in [0.25, 0.3) is 0 Å². The van der Waals surface area contributed by atoms with Gasteiger partial charge in [0.15, 0.2) is 0 Å². The van der Waals surface area contributed by atoms with Crippen LogP contribution in [0.25, 0.3) is 5.70 Å². The summed E-state index contributed by atoms with van der Waals surface area (Å²) in [6, 6.07) is 2.17. The normalized spacial score (nSPS) is 17.4. The van der Waals surface area contributed by atoms with Gasteiger partial charge in [-0.05, 0) is 20.3 Å². The van der Waals surface area contributed by atoms with Crippen LogP contribution in [0.3, 0.4) is 0 Å². The minimum absolute atomic E-state index is 0.0465. The molecule has 23 heavy (non-hydrogen) atoms. The van der Waals surface area contributed by atoms with Crippen LogP contribution in [0.5, 0.6) is 5.75 Å². The fourth-order valence-electron chi connectivity index (χ4n) is 2.35. The van der Waals surface area contributed by atoms with E-state index in [4.69, 9.17) is 16.3 Å². The molecule has 0 aliphatic carbocycles. The Bertz CT molecular complexity index is 683. The summed E-state index contributed by atoms with van der Waals surface area (Å²) in [5.41, 5.74) is -0.0537. The van der Waals surface area contributed by atoms with E-state index in [1.807, 2.05) is 0 Å². The first kappa shape index (κ1) is 17.3. The first-order chi connectivity index (χ1) is 11.0. The molecule has 1 atom stereocenters. The molecule has 1 aliphatic heterocycles. The monoisotopic (exact) mass is 339 g/mol. The molecule has 122 valence electrons. The number of halogens is 3. The topological polar surface area (TPSA) is 29.5 Å². The van der Waals surface area contributed by atoms with Gasteiger partial charge >= 0.3 is 0 Å². The molecule has 3 nitrogen and oxygen atoms in total. The molecule has 0 spiro atoms. The second-order valence-electron chi connectivity index (χ2n) is 4.85. The van der Waals surface area contributed by atoms with Gasteiger partial charge in [0.05, 0.1) is 11.3 Å². The molecule has 1 aliphatic rings. The van der Waals surface area contributed by atoms with E-state index in [0.29, 0.717) is 0 Å². The molecular weight excluding hydrogens is 324 g/mol. The Kier molecular flexibility index (Phi) is 5.62. The van der Waals surface area contributed by atoms with Crippen molar-refractivity contribution in [3.8, 4) is 17.6 Å². The standard InChI is InChI=1S/C17H16ClF2NO2/c1-3-5-8-23-11-9-13(19)16(14(20)10-11)15-7-6-12(18)17(22)21(15)4-2/h7,9-10,12H,4,6,8H2,1-2H3. The van der Waals surface area contributed by atoms with Gasteiger partial charge in [-0.1, -0.05) is 12.0 Å².